The normalized spacial score (nSPS) is 15.5. The van der Waals surface area contributed by atoms with E-state index in [0.29, 0.717) is 43.0 Å². The third-order valence-corrected chi connectivity index (χ3v) is 4.49. The quantitative estimate of drug-likeness (QED) is 0.820. The molecule has 0 radical (unpaired) electrons. The lowest BCUT2D eigenvalue weighted by Crippen LogP contribution is -2.37. The minimum atomic E-state index is -0.0415. The Morgan fingerprint density at radius 2 is 1.85 bits per heavy atom. The van der Waals surface area contributed by atoms with E-state index in [4.69, 9.17) is 9.47 Å². The van der Waals surface area contributed by atoms with Crippen molar-refractivity contribution >= 4 is 17.3 Å². The van der Waals surface area contributed by atoms with Gasteiger partial charge in [0.1, 0.15) is 0 Å². The van der Waals surface area contributed by atoms with Gasteiger partial charge in [0.2, 0.25) is 5.91 Å². The van der Waals surface area contributed by atoms with Gasteiger partial charge in [-0.25, -0.2) is 0 Å². The molecule has 5 heteroatoms. The van der Waals surface area contributed by atoms with Crippen molar-refractivity contribution in [2.45, 2.75) is 33.2 Å². The molecule has 1 heterocycles. The van der Waals surface area contributed by atoms with Gasteiger partial charge in [-0.2, -0.15) is 0 Å². The molecule has 26 heavy (non-hydrogen) atoms. The van der Waals surface area contributed by atoms with Crippen LogP contribution >= 0.6 is 0 Å². The van der Waals surface area contributed by atoms with Gasteiger partial charge in [0, 0.05) is 23.5 Å². The van der Waals surface area contributed by atoms with E-state index >= 15 is 0 Å². The number of fused-ring (bicyclic) bond motifs is 1. The average molecular weight is 354 g/mol. The zero-order chi connectivity index (χ0) is 18.5. The van der Waals surface area contributed by atoms with E-state index in [1.54, 1.807) is 0 Å². The Balaban J connectivity index is 1.69. The summed E-state index contributed by atoms with van der Waals surface area (Å²) in [5, 5.41) is 2.97. The molecule has 0 unspecified atom stereocenters. The number of anilines is 2. The van der Waals surface area contributed by atoms with E-state index in [2.05, 4.69) is 29.3 Å². The number of nitrogens with zero attached hydrogens (tertiary/aromatic N) is 1. The van der Waals surface area contributed by atoms with Gasteiger partial charge in [0.25, 0.3) is 0 Å². The first kappa shape index (κ1) is 18.1. The number of para-hydroxylation sites is 1. The third-order valence-electron chi connectivity index (χ3n) is 4.49. The molecule has 1 atom stereocenters. The Bertz CT molecular complexity index is 776. The maximum Gasteiger partial charge on any atom is 0.243 e. The standard InChI is InChI=1S/C21H26N2O3/c1-4-25-19-11-10-17(13-20(19)26-5-2)22-21(24)14-23-15(3)12-16-8-6-7-9-18(16)23/h6-11,13,15H,4-5,12,14H2,1-3H3,(H,22,24)/t15-/m1/s1. The second-order valence-corrected chi connectivity index (χ2v) is 6.39. The summed E-state index contributed by atoms with van der Waals surface area (Å²) in [7, 11) is 0. The second-order valence-electron chi connectivity index (χ2n) is 6.39. The summed E-state index contributed by atoms with van der Waals surface area (Å²) in [6.45, 7) is 7.44. The van der Waals surface area contributed by atoms with E-state index in [0.717, 1.165) is 12.1 Å². The summed E-state index contributed by atoms with van der Waals surface area (Å²) in [4.78, 5) is 14.7. The van der Waals surface area contributed by atoms with E-state index < -0.39 is 0 Å². The molecule has 0 fully saturated rings. The highest BCUT2D eigenvalue weighted by molar-refractivity contribution is 5.94. The van der Waals surface area contributed by atoms with Crippen molar-refractivity contribution < 1.29 is 14.3 Å². The molecule has 2 aromatic carbocycles. The molecule has 0 bridgehead atoms. The highest BCUT2D eigenvalue weighted by Gasteiger charge is 2.27. The number of carbonyl (C=O) groups is 1. The maximum absolute atomic E-state index is 12.6. The molecule has 1 N–H and O–H groups in total. The lowest BCUT2D eigenvalue weighted by Gasteiger charge is -2.24. The molecular weight excluding hydrogens is 328 g/mol. The van der Waals surface area contributed by atoms with Crippen molar-refractivity contribution in [3.8, 4) is 11.5 Å². The highest BCUT2D eigenvalue weighted by Crippen LogP contribution is 2.32. The van der Waals surface area contributed by atoms with Crippen LogP contribution in [0.5, 0.6) is 11.5 Å². The van der Waals surface area contributed by atoms with Crippen LogP contribution < -0.4 is 19.7 Å². The molecule has 0 saturated heterocycles. The average Bonchev–Trinajstić information content (AvgIpc) is 2.93. The Morgan fingerprint density at radius 1 is 1.12 bits per heavy atom. The lowest BCUT2D eigenvalue weighted by molar-refractivity contribution is -0.115. The fourth-order valence-electron chi connectivity index (χ4n) is 3.35. The number of benzene rings is 2. The second kappa shape index (κ2) is 8.13. The smallest absolute Gasteiger partial charge is 0.243 e. The number of hydrogen-bond donors (Lipinski definition) is 1. The van der Waals surface area contributed by atoms with Gasteiger partial charge >= 0.3 is 0 Å². The van der Waals surface area contributed by atoms with Crippen LogP contribution in [0.3, 0.4) is 0 Å². The van der Waals surface area contributed by atoms with Crippen LogP contribution in [0.2, 0.25) is 0 Å². The van der Waals surface area contributed by atoms with Gasteiger partial charge in [-0.1, -0.05) is 18.2 Å². The predicted octanol–water partition coefficient (Wildman–Crippen LogP) is 3.87. The van der Waals surface area contributed by atoms with Crippen molar-refractivity contribution in [1.82, 2.24) is 0 Å². The molecule has 1 aliphatic rings. The molecule has 0 spiro atoms. The SMILES string of the molecule is CCOc1ccc(NC(=O)CN2c3ccccc3C[C@H]2C)cc1OCC. The number of carbonyl (C=O) groups excluding carboxylic acids is 1. The molecular formula is C21H26N2O3. The van der Waals surface area contributed by atoms with Crippen molar-refractivity contribution in [2.75, 3.05) is 30.0 Å². The van der Waals surface area contributed by atoms with Crippen molar-refractivity contribution in [1.29, 1.82) is 0 Å². The van der Waals surface area contributed by atoms with Gasteiger partial charge in [-0.3, -0.25) is 4.79 Å². The van der Waals surface area contributed by atoms with E-state index in [-0.39, 0.29) is 5.91 Å². The first-order chi connectivity index (χ1) is 12.6. The molecule has 3 rings (SSSR count). The molecule has 1 amide bonds. The molecule has 5 nitrogen and oxygen atoms in total. The lowest BCUT2D eigenvalue weighted by atomic mass is 10.1. The number of hydrogen-bond acceptors (Lipinski definition) is 4. The predicted molar refractivity (Wildman–Crippen MR) is 104 cm³/mol. The zero-order valence-corrected chi connectivity index (χ0v) is 15.6. The van der Waals surface area contributed by atoms with E-state index in [1.165, 1.54) is 5.56 Å². The van der Waals surface area contributed by atoms with Crippen LogP contribution in [0.15, 0.2) is 42.5 Å². The summed E-state index contributed by atoms with van der Waals surface area (Å²) < 4.78 is 11.2. The van der Waals surface area contributed by atoms with Crippen LogP contribution in [0.25, 0.3) is 0 Å². The van der Waals surface area contributed by atoms with Gasteiger partial charge in [0.15, 0.2) is 11.5 Å². The van der Waals surface area contributed by atoms with Gasteiger partial charge in [-0.15, -0.1) is 0 Å². The molecule has 1 aliphatic heterocycles. The first-order valence-electron chi connectivity index (χ1n) is 9.16. The van der Waals surface area contributed by atoms with Crippen molar-refractivity contribution in [2.24, 2.45) is 0 Å². The van der Waals surface area contributed by atoms with Crippen LogP contribution in [-0.2, 0) is 11.2 Å². The zero-order valence-electron chi connectivity index (χ0n) is 15.6. The van der Waals surface area contributed by atoms with Gasteiger partial charge in [-0.05, 0) is 51.0 Å². The third kappa shape index (κ3) is 3.93. The Kier molecular flexibility index (Phi) is 5.66. The van der Waals surface area contributed by atoms with Gasteiger partial charge < -0.3 is 19.7 Å². The molecule has 138 valence electrons. The molecule has 2 aromatic rings. The highest BCUT2D eigenvalue weighted by atomic mass is 16.5. The molecule has 0 aromatic heterocycles. The van der Waals surface area contributed by atoms with Crippen LogP contribution in [0.1, 0.15) is 26.3 Å². The summed E-state index contributed by atoms with van der Waals surface area (Å²) >= 11 is 0. The Hall–Kier alpha value is -2.69. The van der Waals surface area contributed by atoms with Crippen LogP contribution in [0, 0.1) is 0 Å². The van der Waals surface area contributed by atoms with Crippen molar-refractivity contribution in [3.63, 3.8) is 0 Å². The fourth-order valence-corrected chi connectivity index (χ4v) is 3.35. The number of nitrogens with one attached hydrogen (secondary N) is 1. The van der Waals surface area contributed by atoms with E-state index in [1.807, 2.05) is 44.2 Å². The van der Waals surface area contributed by atoms with Gasteiger partial charge in [0.05, 0.1) is 19.8 Å². The van der Waals surface area contributed by atoms with Crippen molar-refractivity contribution in [3.05, 3.63) is 48.0 Å². The summed E-state index contributed by atoms with van der Waals surface area (Å²) in [6.07, 6.45) is 0.973. The van der Waals surface area contributed by atoms with Crippen LogP contribution in [0.4, 0.5) is 11.4 Å². The topological polar surface area (TPSA) is 50.8 Å². The van der Waals surface area contributed by atoms with Crippen LogP contribution in [-0.4, -0.2) is 31.7 Å². The number of ether oxygens (including phenoxy) is 2. The fraction of sp³-hybridized carbons (Fsp3) is 0.381. The van der Waals surface area contributed by atoms with E-state index in [9.17, 15) is 4.79 Å². The summed E-state index contributed by atoms with van der Waals surface area (Å²) in [5.74, 6) is 1.29. The summed E-state index contributed by atoms with van der Waals surface area (Å²) in [5.41, 5.74) is 3.16. The molecule has 0 aliphatic carbocycles. The maximum atomic E-state index is 12.6. The number of rotatable bonds is 7. The molecule has 0 saturated carbocycles. The Labute approximate surface area is 154 Å². The Morgan fingerprint density at radius 3 is 2.62 bits per heavy atom. The number of amides is 1. The minimum Gasteiger partial charge on any atom is -0.490 e. The minimum absolute atomic E-state index is 0.0415. The monoisotopic (exact) mass is 354 g/mol. The first-order valence-corrected chi connectivity index (χ1v) is 9.16. The summed E-state index contributed by atoms with van der Waals surface area (Å²) in [6, 6.07) is 14.1. The largest absolute Gasteiger partial charge is 0.490 e.